The topological polar surface area (TPSA) is 53.4 Å². The Hall–Kier alpha value is -1.58. The highest BCUT2D eigenvalue weighted by Gasteiger charge is 2.28. The molecule has 0 fully saturated rings. The van der Waals surface area contributed by atoms with Crippen LogP contribution in [0.25, 0.3) is 0 Å². The van der Waals surface area contributed by atoms with Gasteiger partial charge in [-0.1, -0.05) is 20.8 Å². The van der Waals surface area contributed by atoms with Gasteiger partial charge < -0.3 is 10.0 Å². The number of aryl methyl sites for hydroxylation is 2. The largest absolute Gasteiger partial charge is 0.478 e. The van der Waals surface area contributed by atoms with Gasteiger partial charge in [-0.05, 0) is 49.7 Å². The Balaban J connectivity index is 2.48. The maximum Gasteiger partial charge on any atom is 0.339 e. The molecule has 116 valence electrons. The van der Waals surface area contributed by atoms with Crippen molar-refractivity contribution in [1.29, 1.82) is 0 Å². The molecular weight excluding hydrogens is 264 g/mol. The summed E-state index contributed by atoms with van der Waals surface area (Å²) in [7, 11) is 1.94. The number of carboxylic acids is 1. The van der Waals surface area contributed by atoms with Crippen LogP contribution in [0.15, 0.2) is 6.07 Å². The molecule has 0 saturated carbocycles. The van der Waals surface area contributed by atoms with Crippen LogP contribution in [-0.4, -0.2) is 29.1 Å². The molecule has 1 aliphatic carbocycles. The van der Waals surface area contributed by atoms with Gasteiger partial charge in [0.05, 0.1) is 0 Å². The predicted molar refractivity (Wildman–Crippen MR) is 85.2 cm³/mol. The van der Waals surface area contributed by atoms with Crippen molar-refractivity contribution in [3.63, 3.8) is 0 Å². The summed E-state index contributed by atoms with van der Waals surface area (Å²) in [6, 6.07) is 2.04. The van der Waals surface area contributed by atoms with Crippen LogP contribution in [0.5, 0.6) is 0 Å². The van der Waals surface area contributed by atoms with E-state index in [4.69, 9.17) is 4.98 Å². The van der Waals surface area contributed by atoms with Gasteiger partial charge in [0.15, 0.2) is 0 Å². The SMILES string of the molecule is CC(N(C)c1nc2c(cc1C(=O)O)CCCC2)C(C)(C)C. The Morgan fingerprint density at radius 3 is 2.52 bits per heavy atom. The summed E-state index contributed by atoms with van der Waals surface area (Å²) in [5.41, 5.74) is 2.57. The van der Waals surface area contributed by atoms with E-state index in [1.54, 1.807) is 0 Å². The number of hydrogen-bond acceptors (Lipinski definition) is 3. The molecule has 2 rings (SSSR count). The van der Waals surface area contributed by atoms with Crippen molar-refractivity contribution in [2.24, 2.45) is 5.41 Å². The molecule has 0 saturated heterocycles. The fraction of sp³-hybridized carbons (Fsp3) is 0.647. The predicted octanol–water partition coefficient (Wildman–Crippen LogP) is 3.53. The lowest BCUT2D eigenvalue weighted by molar-refractivity contribution is 0.0696. The zero-order valence-electron chi connectivity index (χ0n) is 13.7. The van der Waals surface area contributed by atoms with Crippen LogP contribution in [0.2, 0.25) is 0 Å². The Bertz CT molecular complexity index is 546. The number of aromatic carboxylic acids is 1. The molecule has 1 aromatic heterocycles. The van der Waals surface area contributed by atoms with Crippen molar-refractivity contribution in [2.45, 2.75) is 59.4 Å². The molecule has 4 heteroatoms. The summed E-state index contributed by atoms with van der Waals surface area (Å²) >= 11 is 0. The van der Waals surface area contributed by atoms with Gasteiger partial charge >= 0.3 is 5.97 Å². The fourth-order valence-electron chi connectivity index (χ4n) is 2.81. The third-order valence-corrected chi connectivity index (χ3v) is 4.68. The maximum atomic E-state index is 11.6. The number of carboxylic acid groups (broad SMARTS) is 1. The van der Waals surface area contributed by atoms with Gasteiger partial charge in [-0.25, -0.2) is 9.78 Å². The third kappa shape index (κ3) is 3.20. The molecule has 0 amide bonds. The van der Waals surface area contributed by atoms with Crippen LogP contribution in [-0.2, 0) is 12.8 Å². The molecule has 21 heavy (non-hydrogen) atoms. The quantitative estimate of drug-likeness (QED) is 0.925. The first kappa shape index (κ1) is 15.8. The zero-order valence-corrected chi connectivity index (χ0v) is 13.7. The van der Waals surface area contributed by atoms with Crippen molar-refractivity contribution in [1.82, 2.24) is 4.98 Å². The smallest absolute Gasteiger partial charge is 0.339 e. The molecule has 1 heterocycles. The molecule has 0 spiro atoms. The summed E-state index contributed by atoms with van der Waals surface area (Å²) in [5, 5.41) is 9.53. The molecule has 0 aliphatic heterocycles. The van der Waals surface area contributed by atoms with E-state index in [1.807, 2.05) is 18.0 Å². The van der Waals surface area contributed by atoms with Gasteiger partial charge in [-0.15, -0.1) is 0 Å². The minimum Gasteiger partial charge on any atom is -0.478 e. The molecule has 1 aromatic rings. The molecule has 0 bridgehead atoms. The van der Waals surface area contributed by atoms with E-state index in [-0.39, 0.29) is 11.5 Å². The second-order valence-corrected chi connectivity index (χ2v) is 7.13. The number of fused-ring (bicyclic) bond motifs is 1. The summed E-state index contributed by atoms with van der Waals surface area (Å²) in [6.07, 6.45) is 4.17. The number of carbonyl (C=O) groups is 1. The Labute approximate surface area is 127 Å². The summed E-state index contributed by atoms with van der Waals surface area (Å²) < 4.78 is 0. The number of aromatic nitrogens is 1. The highest BCUT2D eigenvalue weighted by atomic mass is 16.4. The Kier molecular flexibility index (Phi) is 4.26. The van der Waals surface area contributed by atoms with E-state index in [1.165, 1.54) is 0 Å². The van der Waals surface area contributed by atoms with Gasteiger partial charge in [0.2, 0.25) is 0 Å². The minimum atomic E-state index is -0.890. The Morgan fingerprint density at radius 2 is 1.95 bits per heavy atom. The number of nitrogens with zero attached hydrogens (tertiary/aromatic N) is 2. The van der Waals surface area contributed by atoms with Crippen molar-refractivity contribution in [2.75, 3.05) is 11.9 Å². The van der Waals surface area contributed by atoms with E-state index >= 15 is 0 Å². The Morgan fingerprint density at radius 1 is 1.33 bits per heavy atom. The average molecular weight is 290 g/mol. The molecule has 1 unspecified atom stereocenters. The standard InChI is InChI=1S/C17H26N2O2/c1-11(17(2,3)4)19(5)15-13(16(20)21)10-12-8-6-7-9-14(12)18-15/h10-11H,6-9H2,1-5H3,(H,20,21). The third-order valence-electron chi connectivity index (χ3n) is 4.68. The summed E-state index contributed by atoms with van der Waals surface area (Å²) in [6.45, 7) is 8.60. The first-order chi connectivity index (χ1) is 9.71. The molecule has 1 N–H and O–H groups in total. The van der Waals surface area contributed by atoms with Crippen molar-refractivity contribution in [3.05, 3.63) is 22.9 Å². The van der Waals surface area contributed by atoms with E-state index in [2.05, 4.69) is 27.7 Å². The summed E-state index contributed by atoms with van der Waals surface area (Å²) in [5.74, 6) is -0.288. The van der Waals surface area contributed by atoms with Gasteiger partial charge in [0, 0.05) is 18.8 Å². The van der Waals surface area contributed by atoms with Gasteiger partial charge in [0.1, 0.15) is 11.4 Å². The molecule has 1 atom stereocenters. The first-order valence-electron chi connectivity index (χ1n) is 7.70. The zero-order chi connectivity index (χ0) is 15.8. The lowest BCUT2D eigenvalue weighted by Crippen LogP contribution is -2.40. The maximum absolute atomic E-state index is 11.6. The van der Waals surface area contributed by atoms with E-state index in [9.17, 15) is 9.90 Å². The van der Waals surface area contributed by atoms with Crippen LogP contribution in [0, 0.1) is 5.41 Å². The number of hydrogen-bond donors (Lipinski definition) is 1. The van der Waals surface area contributed by atoms with Crippen LogP contribution in [0.1, 0.15) is 62.2 Å². The van der Waals surface area contributed by atoms with Gasteiger partial charge in [-0.3, -0.25) is 0 Å². The van der Waals surface area contributed by atoms with Crippen LogP contribution in [0.3, 0.4) is 0 Å². The van der Waals surface area contributed by atoms with Gasteiger partial charge in [-0.2, -0.15) is 0 Å². The fourth-order valence-corrected chi connectivity index (χ4v) is 2.81. The molecule has 0 radical (unpaired) electrons. The van der Waals surface area contributed by atoms with Crippen molar-refractivity contribution in [3.8, 4) is 0 Å². The van der Waals surface area contributed by atoms with Crippen LogP contribution >= 0.6 is 0 Å². The summed E-state index contributed by atoms with van der Waals surface area (Å²) in [4.78, 5) is 18.3. The number of rotatable bonds is 3. The second kappa shape index (κ2) is 5.66. The van der Waals surface area contributed by atoms with Crippen LogP contribution < -0.4 is 4.90 Å². The van der Waals surface area contributed by atoms with Crippen molar-refractivity contribution >= 4 is 11.8 Å². The van der Waals surface area contributed by atoms with Crippen LogP contribution in [0.4, 0.5) is 5.82 Å². The van der Waals surface area contributed by atoms with E-state index in [0.29, 0.717) is 11.4 Å². The number of anilines is 1. The average Bonchev–Trinajstić information content (AvgIpc) is 2.43. The van der Waals surface area contributed by atoms with Crippen molar-refractivity contribution < 1.29 is 9.90 Å². The first-order valence-corrected chi connectivity index (χ1v) is 7.70. The monoisotopic (exact) mass is 290 g/mol. The second-order valence-electron chi connectivity index (χ2n) is 7.13. The molecule has 0 aromatic carbocycles. The van der Waals surface area contributed by atoms with E-state index in [0.717, 1.165) is 36.9 Å². The highest BCUT2D eigenvalue weighted by molar-refractivity contribution is 5.93. The lowest BCUT2D eigenvalue weighted by atomic mass is 9.87. The number of pyridine rings is 1. The highest BCUT2D eigenvalue weighted by Crippen LogP contribution is 2.31. The van der Waals surface area contributed by atoms with E-state index < -0.39 is 5.97 Å². The lowest BCUT2D eigenvalue weighted by Gasteiger charge is -2.37. The normalized spacial score (nSPS) is 16.2. The molecular formula is C17H26N2O2. The molecule has 1 aliphatic rings. The minimum absolute atomic E-state index is 0.0576. The molecule has 4 nitrogen and oxygen atoms in total. The van der Waals surface area contributed by atoms with Gasteiger partial charge in [0.25, 0.3) is 0 Å².